The van der Waals surface area contributed by atoms with E-state index >= 15 is 0 Å². The maximum atomic E-state index is 13.0. The number of nitrogens with two attached hydrogens (primary N) is 1. The molecule has 3 N–H and O–H groups in total. The lowest BCUT2D eigenvalue weighted by Crippen LogP contribution is -2.10. The number of nitrogen functional groups attached to an aromatic ring is 1. The van der Waals surface area contributed by atoms with Crippen LogP contribution in [0.2, 0.25) is 0 Å². The summed E-state index contributed by atoms with van der Waals surface area (Å²) >= 11 is 1.32. The molecule has 2 aromatic rings. The van der Waals surface area contributed by atoms with Crippen molar-refractivity contribution in [1.29, 1.82) is 0 Å². The Kier molecular flexibility index (Phi) is 4.28. The number of aromatic nitrogens is 2. The molecule has 1 heterocycles. The lowest BCUT2D eigenvalue weighted by Gasteiger charge is -2.05. The first kappa shape index (κ1) is 13.7. The summed E-state index contributed by atoms with van der Waals surface area (Å²) in [6.07, 6.45) is 0. The molecule has 0 fully saturated rings. The van der Waals surface area contributed by atoms with Crippen LogP contribution in [0.4, 0.5) is 14.6 Å². The molecular weight excluding hydrogens is 270 g/mol. The summed E-state index contributed by atoms with van der Waals surface area (Å²) in [5.74, 6) is 5.12. The highest BCUT2D eigenvalue weighted by Crippen LogP contribution is 2.23. The van der Waals surface area contributed by atoms with Gasteiger partial charge in [0, 0.05) is 16.7 Å². The molecule has 2 rings (SSSR count). The molecule has 0 aliphatic carbocycles. The zero-order valence-corrected chi connectivity index (χ0v) is 11.0. The number of anilines is 1. The van der Waals surface area contributed by atoms with Crippen molar-refractivity contribution in [3.8, 4) is 0 Å². The minimum atomic E-state index is -0.862. The van der Waals surface area contributed by atoms with E-state index in [1.54, 1.807) is 6.07 Å². The molecular formula is C12H12F2N4S. The van der Waals surface area contributed by atoms with Crippen molar-refractivity contribution >= 4 is 17.6 Å². The maximum absolute atomic E-state index is 13.0. The second-order valence-electron chi connectivity index (χ2n) is 3.82. The molecule has 0 aliphatic heterocycles. The van der Waals surface area contributed by atoms with Crippen LogP contribution in [0.3, 0.4) is 0 Å². The number of hydrogen-bond donors (Lipinski definition) is 2. The van der Waals surface area contributed by atoms with E-state index in [1.165, 1.54) is 17.8 Å². The molecule has 0 unspecified atom stereocenters. The topological polar surface area (TPSA) is 63.8 Å². The Morgan fingerprint density at radius 2 is 2.00 bits per heavy atom. The van der Waals surface area contributed by atoms with Crippen LogP contribution in [-0.4, -0.2) is 9.97 Å². The summed E-state index contributed by atoms with van der Waals surface area (Å²) in [5, 5.41) is 0. The van der Waals surface area contributed by atoms with E-state index in [-0.39, 0.29) is 0 Å². The molecule has 0 bridgehead atoms. The lowest BCUT2D eigenvalue weighted by molar-refractivity contribution is 0.506. The van der Waals surface area contributed by atoms with Gasteiger partial charge in [-0.15, -0.1) is 11.8 Å². The van der Waals surface area contributed by atoms with Gasteiger partial charge in [-0.3, -0.25) is 0 Å². The third-order valence-corrected chi connectivity index (χ3v) is 3.30. The number of hydrogen-bond acceptors (Lipinski definition) is 5. The SMILES string of the molecule is Cc1cc(NN)nc(CSc2ccc(F)c(F)c2)n1. The fraction of sp³-hybridized carbons (Fsp3) is 0.167. The molecule has 0 atom stereocenters. The van der Waals surface area contributed by atoms with E-state index in [9.17, 15) is 8.78 Å². The maximum Gasteiger partial charge on any atom is 0.159 e. The van der Waals surface area contributed by atoms with Crippen molar-refractivity contribution in [2.75, 3.05) is 5.43 Å². The van der Waals surface area contributed by atoms with Crippen molar-refractivity contribution in [1.82, 2.24) is 9.97 Å². The molecule has 0 amide bonds. The highest BCUT2D eigenvalue weighted by atomic mass is 32.2. The van der Waals surface area contributed by atoms with Gasteiger partial charge in [0.1, 0.15) is 11.6 Å². The number of aryl methyl sites for hydroxylation is 1. The molecule has 7 heteroatoms. The molecule has 100 valence electrons. The summed E-state index contributed by atoms with van der Waals surface area (Å²) in [6.45, 7) is 1.83. The Labute approximate surface area is 113 Å². The van der Waals surface area contributed by atoms with Crippen LogP contribution in [0.15, 0.2) is 29.2 Å². The predicted molar refractivity (Wildman–Crippen MR) is 70.5 cm³/mol. The number of rotatable bonds is 4. The van der Waals surface area contributed by atoms with Crippen LogP contribution in [0.5, 0.6) is 0 Å². The van der Waals surface area contributed by atoms with Gasteiger partial charge in [-0.1, -0.05) is 0 Å². The van der Waals surface area contributed by atoms with Gasteiger partial charge in [0.2, 0.25) is 0 Å². The van der Waals surface area contributed by atoms with Crippen molar-refractivity contribution in [2.45, 2.75) is 17.6 Å². The largest absolute Gasteiger partial charge is 0.308 e. The summed E-state index contributed by atoms with van der Waals surface area (Å²) in [6, 6.07) is 5.48. The normalized spacial score (nSPS) is 10.5. The van der Waals surface area contributed by atoms with E-state index in [1.807, 2.05) is 6.92 Å². The van der Waals surface area contributed by atoms with Crippen LogP contribution in [-0.2, 0) is 5.75 Å². The van der Waals surface area contributed by atoms with Gasteiger partial charge in [0.25, 0.3) is 0 Å². The molecule has 19 heavy (non-hydrogen) atoms. The summed E-state index contributed by atoms with van der Waals surface area (Å²) < 4.78 is 25.8. The van der Waals surface area contributed by atoms with Crippen LogP contribution < -0.4 is 11.3 Å². The highest BCUT2D eigenvalue weighted by Gasteiger charge is 2.06. The molecule has 0 saturated carbocycles. The Balaban J connectivity index is 2.09. The van der Waals surface area contributed by atoms with Crippen molar-refractivity contribution in [3.63, 3.8) is 0 Å². The van der Waals surface area contributed by atoms with Crippen molar-refractivity contribution in [2.24, 2.45) is 5.84 Å². The molecule has 0 aliphatic rings. The first-order valence-electron chi connectivity index (χ1n) is 5.47. The second-order valence-corrected chi connectivity index (χ2v) is 4.87. The minimum absolute atomic E-state index is 0.446. The first-order valence-corrected chi connectivity index (χ1v) is 6.46. The van der Waals surface area contributed by atoms with Crippen LogP contribution in [0.1, 0.15) is 11.5 Å². The molecule has 1 aromatic carbocycles. The Bertz CT molecular complexity index is 592. The molecule has 1 aromatic heterocycles. The smallest absolute Gasteiger partial charge is 0.159 e. The van der Waals surface area contributed by atoms with Crippen molar-refractivity contribution in [3.05, 3.63) is 47.4 Å². The van der Waals surface area contributed by atoms with Gasteiger partial charge in [-0.25, -0.2) is 24.6 Å². The van der Waals surface area contributed by atoms with Crippen LogP contribution in [0, 0.1) is 18.6 Å². The van der Waals surface area contributed by atoms with Crippen LogP contribution in [0.25, 0.3) is 0 Å². The number of halogens is 2. The predicted octanol–water partition coefficient (Wildman–Crippen LogP) is 2.64. The summed E-state index contributed by atoms with van der Waals surface area (Å²) in [5.41, 5.74) is 3.23. The zero-order chi connectivity index (χ0) is 13.8. The van der Waals surface area contributed by atoms with Gasteiger partial charge in [0.15, 0.2) is 11.6 Å². The number of benzene rings is 1. The van der Waals surface area contributed by atoms with Gasteiger partial charge < -0.3 is 5.43 Å². The van der Waals surface area contributed by atoms with E-state index in [0.29, 0.717) is 22.3 Å². The third kappa shape index (κ3) is 3.62. The average Bonchev–Trinajstić information content (AvgIpc) is 2.39. The Morgan fingerprint density at radius 3 is 2.68 bits per heavy atom. The molecule has 0 spiro atoms. The minimum Gasteiger partial charge on any atom is -0.308 e. The van der Waals surface area contributed by atoms with E-state index in [4.69, 9.17) is 5.84 Å². The average molecular weight is 282 g/mol. The molecule has 0 radical (unpaired) electrons. The van der Waals surface area contributed by atoms with Gasteiger partial charge >= 0.3 is 0 Å². The Morgan fingerprint density at radius 1 is 1.21 bits per heavy atom. The van der Waals surface area contributed by atoms with E-state index in [0.717, 1.165) is 17.8 Å². The van der Waals surface area contributed by atoms with E-state index < -0.39 is 11.6 Å². The zero-order valence-electron chi connectivity index (χ0n) is 10.2. The van der Waals surface area contributed by atoms with Gasteiger partial charge in [-0.2, -0.15) is 0 Å². The number of nitrogens with one attached hydrogen (secondary N) is 1. The number of thioether (sulfide) groups is 1. The summed E-state index contributed by atoms with van der Waals surface area (Å²) in [4.78, 5) is 9.03. The fourth-order valence-electron chi connectivity index (χ4n) is 1.48. The standard InChI is InChI=1S/C12H12F2N4S/c1-7-4-11(18-15)17-12(16-7)6-19-8-2-3-9(13)10(14)5-8/h2-5H,6,15H2,1H3,(H,16,17,18). The monoisotopic (exact) mass is 282 g/mol. The van der Waals surface area contributed by atoms with E-state index in [2.05, 4.69) is 15.4 Å². The van der Waals surface area contributed by atoms with Gasteiger partial charge in [0.05, 0.1) is 5.75 Å². The first-order chi connectivity index (χ1) is 9.08. The summed E-state index contributed by atoms with van der Waals surface area (Å²) in [7, 11) is 0. The lowest BCUT2D eigenvalue weighted by atomic mass is 10.3. The highest BCUT2D eigenvalue weighted by molar-refractivity contribution is 7.98. The molecule has 4 nitrogen and oxygen atoms in total. The molecule has 0 saturated heterocycles. The number of hydrazine groups is 1. The third-order valence-electron chi connectivity index (χ3n) is 2.31. The second kappa shape index (κ2) is 5.94. The quantitative estimate of drug-likeness (QED) is 0.513. The van der Waals surface area contributed by atoms with Crippen molar-refractivity contribution < 1.29 is 8.78 Å². The Hall–Kier alpha value is -1.73. The van der Waals surface area contributed by atoms with Gasteiger partial charge in [-0.05, 0) is 25.1 Å². The van der Waals surface area contributed by atoms with Crippen LogP contribution >= 0.6 is 11.8 Å². The number of nitrogens with zero attached hydrogens (tertiary/aromatic N) is 2. The fourth-order valence-corrected chi connectivity index (χ4v) is 2.26.